The van der Waals surface area contributed by atoms with E-state index >= 15 is 0 Å². The number of hydrogen-bond acceptors (Lipinski definition) is 5. The first-order chi connectivity index (χ1) is 9.49. The third-order valence-electron chi connectivity index (χ3n) is 2.75. The van der Waals surface area contributed by atoms with Gasteiger partial charge in [0.25, 0.3) is 11.6 Å². The zero-order valence-corrected chi connectivity index (χ0v) is 10.3. The summed E-state index contributed by atoms with van der Waals surface area (Å²) in [5.41, 5.74) is 1.09. The average Bonchev–Trinajstić information content (AvgIpc) is 2.42. The summed E-state index contributed by atoms with van der Waals surface area (Å²) in [7, 11) is 0. The van der Waals surface area contributed by atoms with Gasteiger partial charge >= 0.3 is 0 Å². The van der Waals surface area contributed by atoms with Crippen LogP contribution in [0.1, 0.15) is 10.4 Å². The molecule has 1 aromatic carbocycles. The van der Waals surface area contributed by atoms with Crippen molar-refractivity contribution >= 4 is 11.6 Å². The molecule has 0 unspecified atom stereocenters. The van der Waals surface area contributed by atoms with Crippen molar-refractivity contribution in [2.45, 2.75) is 0 Å². The molecule has 0 spiro atoms. The van der Waals surface area contributed by atoms with Gasteiger partial charge in [0.15, 0.2) is 11.6 Å². The average molecular weight is 287 g/mol. The smallest absolute Gasteiger partial charge is 0.285 e. The van der Waals surface area contributed by atoms with E-state index < -0.39 is 33.7 Å². The van der Waals surface area contributed by atoms with Crippen LogP contribution in [0.5, 0.6) is 0 Å². The quantitative estimate of drug-likeness (QED) is 0.658. The fourth-order valence-corrected chi connectivity index (χ4v) is 1.75. The highest BCUT2D eigenvalue weighted by Gasteiger charge is 2.25. The van der Waals surface area contributed by atoms with E-state index in [0.29, 0.717) is 38.4 Å². The minimum atomic E-state index is -1.38. The molecule has 9 heteroatoms. The Bertz CT molecular complexity index is 547. The zero-order valence-electron chi connectivity index (χ0n) is 10.3. The lowest BCUT2D eigenvalue weighted by atomic mass is 10.1. The van der Waals surface area contributed by atoms with Crippen molar-refractivity contribution < 1.29 is 23.2 Å². The van der Waals surface area contributed by atoms with Gasteiger partial charge in [0, 0.05) is 13.1 Å². The largest absolute Gasteiger partial charge is 0.379 e. The Kier molecular flexibility index (Phi) is 4.20. The van der Waals surface area contributed by atoms with Gasteiger partial charge in [-0.1, -0.05) is 0 Å². The third-order valence-corrected chi connectivity index (χ3v) is 2.75. The summed E-state index contributed by atoms with van der Waals surface area (Å²) in [5.74, 6) is -3.56. The number of carbonyl (C=O) groups excluding carboxylic acids is 1. The third kappa shape index (κ3) is 3.06. The highest BCUT2D eigenvalue weighted by atomic mass is 19.2. The Labute approximate surface area is 112 Å². The second-order valence-corrected chi connectivity index (χ2v) is 4.08. The Morgan fingerprint density at radius 1 is 1.30 bits per heavy atom. The lowest BCUT2D eigenvalue weighted by Crippen LogP contribution is -2.48. The predicted molar refractivity (Wildman–Crippen MR) is 62.9 cm³/mol. The molecule has 1 saturated heterocycles. The van der Waals surface area contributed by atoms with E-state index in [-0.39, 0.29) is 0 Å². The zero-order chi connectivity index (χ0) is 14.7. The van der Waals surface area contributed by atoms with Crippen LogP contribution in [0.3, 0.4) is 0 Å². The Hall–Kier alpha value is -2.13. The molecule has 0 aliphatic carbocycles. The maximum Gasteiger partial charge on any atom is 0.285 e. The molecule has 108 valence electrons. The summed E-state index contributed by atoms with van der Waals surface area (Å²) in [4.78, 5) is 21.8. The molecule has 1 amide bonds. The van der Waals surface area contributed by atoms with Crippen molar-refractivity contribution in [1.29, 1.82) is 0 Å². The molecular formula is C11H11F2N3O4. The lowest BCUT2D eigenvalue weighted by molar-refractivity contribution is -0.385. The number of hydrogen-bond donors (Lipinski definition) is 1. The van der Waals surface area contributed by atoms with Crippen molar-refractivity contribution in [3.05, 3.63) is 39.4 Å². The van der Waals surface area contributed by atoms with Crippen LogP contribution >= 0.6 is 0 Å². The van der Waals surface area contributed by atoms with Gasteiger partial charge in [0.2, 0.25) is 0 Å². The van der Waals surface area contributed by atoms with Crippen molar-refractivity contribution in [3.8, 4) is 0 Å². The standard InChI is InChI=1S/C11H11F2N3O4/c12-8-5-7(10(16(18)19)6-9(8)13)11(17)14-15-1-3-20-4-2-15/h5-6H,1-4H2,(H,14,17). The number of ether oxygens (including phenoxy) is 1. The number of carbonyl (C=O) groups is 1. The second-order valence-electron chi connectivity index (χ2n) is 4.08. The van der Waals surface area contributed by atoms with E-state index in [2.05, 4.69) is 5.43 Å². The van der Waals surface area contributed by atoms with E-state index in [0.717, 1.165) is 0 Å². The Morgan fingerprint density at radius 3 is 2.50 bits per heavy atom. The van der Waals surface area contributed by atoms with Crippen molar-refractivity contribution in [1.82, 2.24) is 10.4 Å². The van der Waals surface area contributed by atoms with Crippen LogP contribution < -0.4 is 5.43 Å². The van der Waals surface area contributed by atoms with Crippen molar-refractivity contribution in [3.63, 3.8) is 0 Å². The number of nitrogens with zero attached hydrogens (tertiary/aromatic N) is 2. The van der Waals surface area contributed by atoms with Crippen LogP contribution in [0.2, 0.25) is 0 Å². The molecule has 20 heavy (non-hydrogen) atoms. The van der Waals surface area contributed by atoms with Gasteiger partial charge < -0.3 is 4.74 Å². The van der Waals surface area contributed by atoms with Gasteiger partial charge in [0.05, 0.1) is 24.2 Å². The number of halogens is 2. The van der Waals surface area contributed by atoms with Crippen molar-refractivity contribution in [2.75, 3.05) is 26.3 Å². The fourth-order valence-electron chi connectivity index (χ4n) is 1.75. The minimum absolute atomic E-state index is 0.392. The summed E-state index contributed by atoms with van der Waals surface area (Å²) in [6.07, 6.45) is 0. The van der Waals surface area contributed by atoms with Gasteiger partial charge in [-0.15, -0.1) is 0 Å². The van der Waals surface area contributed by atoms with Crippen LogP contribution in [0.4, 0.5) is 14.5 Å². The summed E-state index contributed by atoms with van der Waals surface area (Å²) < 4.78 is 31.2. The van der Waals surface area contributed by atoms with Crippen LogP contribution in [0, 0.1) is 21.7 Å². The molecular weight excluding hydrogens is 276 g/mol. The number of nitrogens with one attached hydrogen (secondary N) is 1. The molecule has 1 aliphatic heterocycles. The summed E-state index contributed by atoms with van der Waals surface area (Å²) in [6.45, 7) is 1.62. The lowest BCUT2D eigenvalue weighted by Gasteiger charge is -2.26. The molecule has 1 heterocycles. The number of morpholine rings is 1. The summed E-state index contributed by atoms with van der Waals surface area (Å²) >= 11 is 0. The molecule has 1 aromatic rings. The van der Waals surface area contributed by atoms with E-state index in [9.17, 15) is 23.7 Å². The van der Waals surface area contributed by atoms with Crippen molar-refractivity contribution in [2.24, 2.45) is 0 Å². The fraction of sp³-hybridized carbons (Fsp3) is 0.364. The monoisotopic (exact) mass is 287 g/mol. The summed E-state index contributed by atoms with van der Waals surface area (Å²) in [5, 5.41) is 12.3. The maximum atomic E-state index is 13.2. The topological polar surface area (TPSA) is 84.7 Å². The molecule has 0 atom stereocenters. The second kappa shape index (κ2) is 5.88. The van der Waals surface area contributed by atoms with Crippen LogP contribution in [-0.2, 0) is 4.74 Å². The summed E-state index contributed by atoms with van der Waals surface area (Å²) in [6, 6.07) is 0.910. The number of benzene rings is 1. The Morgan fingerprint density at radius 2 is 1.90 bits per heavy atom. The number of amides is 1. The Balaban J connectivity index is 2.23. The molecule has 2 rings (SSSR count). The molecule has 0 bridgehead atoms. The molecule has 1 fully saturated rings. The highest BCUT2D eigenvalue weighted by Crippen LogP contribution is 2.22. The van der Waals surface area contributed by atoms with E-state index in [1.54, 1.807) is 0 Å². The number of nitro groups is 1. The van der Waals surface area contributed by atoms with Gasteiger partial charge in [-0.3, -0.25) is 20.3 Å². The van der Waals surface area contributed by atoms with Gasteiger partial charge in [-0.05, 0) is 6.07 Å². The SMILES string of the molecule is O=C(NN1CCOCC1)c1cc(F)c(F)cc1[N+](=O)[O-]. The van der Waals surface area contributed by atoms with Gasteiger partial charge in [-0.2, -0.15) is 0 Å². The molecule has 0 radical (unpaired) electrons. The number of rotatable bonds is 3. The number of hydrazine groups is 1. The molecule has 7 nitrogen and oxygen atoms in total. The van der Waals surface area contributed by atoms with Gasteiger partial charge in [-0.25, -0.2) is 13.8 Å². The minimum Gasteiger partial charge on any atom is -0.379 e. The highest BCUT2D eigenvalue weighted by molar-refractivity contribution is 5.97. The maximum absolute atomic E-state index is 13.2. The number of nitro benzene ring substituents is 1. The van der Waals surface area contributed by atoms with Gasteiger partial charge in [0.1, 0.15) is 5.56 Å². The first-order valence-electron chi connectivity index (χ1n) is 5.76. The molecule has 0 saturated carbocycles. The van der Waals surface area contributed by atoms with Crippen LogP contribution in [0.25, 0.3) is 0 Å². The normalized spacial score (nSPS) is 15.9. The van der Waals surface area contributed by atoms with Crippen LogP contribution in [0.15, 0.2) is 12.1 Å². The molecule has 0 aromatic heterocycles. The van der Waals surface area contributed by atoms with E-state index in [1.165, 1.54) is 5.01 Å². The first kappa shape index (κ1) is 14.3. The molecule has 1 N–H and O–H groups in total. The first-order valence-corrected chi connectivity index (χ1v) is 5.76. The molecule has 1 aliphatic rings. The van der Waals surface area contributed by atoms with E-state index in [1.807, 2.05) is 0 Å². The predicted octanol–water partition coefficient (Wildman–Crippen LogP) is 0.850. The van der Waals surface area contributed by atoms with Crippen LogP contribution in [-0.4, -0.2) is 42.1 Å². The van der Waals surface area contributed by atoms with E-state index in [4.69, 9.17) is 4.74 Å².